The zero-order chi connectivity index (χ0) is 49.5. The number of amides is 2. The van der Waals surface area contributed by atoms with Crippen molar-refractivity contribution in [2.24, 2.45) is 5.16 Å². The Balaban J connectivity index is 0.967. The van der Waals surface area contributed by atoms with Gasteiger partial charge in [-0.15, -0.1) is 23.1 Å². The van der Waals surface area contributed by atoms with Gasteiger partial charge in [-0.3, -0.25) is 19.1 Å². The fourth-order valence-electron chi connectivity index (χ4n) is 8.94. The Labute approximate surface area is 424 Å². The Morgan fingerprint density at radius 1 is 0.694 bits per heavy atom. The van der Waals surface area contributed by atoms with Crippen molar-refractivity contribution in [3.05, 3.63) is 263 Å². The fraction of sp³-hybridized carbons (Fsp3) is 0.105. The number of nitrogens with one attached hydrogen (secondary N) is 2. The summed E-state index contributed by atoms with van der Waals surface area (Å²) in [5.74, 6) is -2.22. The lowest BCUT2D eigenvalue weighted by Crippen LogP contribution is -2.71. The molecule has 10 rings (SSSR count). The van der Waals surface area contributed by atoms with E-state index in [-0.39, 0.29) is 28.6 Å². The van der Waals surface area contributed by atoms with Crippen LogP contribution in [0.4, 0.5) is 5.13 Å². The fourth-order valence-corrected chi connectivity index (χ4v) is 13.1. The van der Waals surface area contributed by atoms with Gasteiger partial charge in [0.2, 0.25) is 0 Å². The van der Waals surface area contributed by atoms with Crippen molar-refractivity contribution in [3.63, 3.8) is 0 Å². The number of nitrogens with zero attached hydrogens (tertiary/aromatic N) is 3. The van der Waals surface area contributed by atoms with Crippen LogP contribution in [-0.2, 0) is 38.6 Å². The van der Waals surface area contributed by atoms with Crippen molar-refractivity contribution in [1.82, 2.24) is 15.2 Å². The van der Waals surface area contributed by atoms with E-state index in [1.807, 2.05) is 127 Å². The number of anilines is 1. The number of benzene rings is 7. The summed E-state index contributed by atoms with van der Waals surface area (Å²) in [5.41, 5.74) is 3.20. The van der Waals surface area contributed by atoms with E-state index >= 15 is 4.57 Å². The second-order valence-electron chi connectivity index (χ2n) is 16.7. The number of carbonyl (C=O) groups is 3. The molecule has 1 aromatic heterocycles. The van der Waals surface area contributed by atoms with Crippen molar-refractivity contribution in [2.75, 3.05) is 18.2 Å². The van der Waals surface area contributed by atoms with E-state index in [9.17, 15) is 14.4 Å². The summed E-state index contributed by atoms with van der Waals surface area (Å²) >= 11 is 2.53. The number of rotatable bonds is 17. The molecule has 12 nitrogen and oxygen atoms in total. The average Bonchev–Trinajstić information content (AvgIpc) is 3.91. The third kappa shape index (κ3) is 9.35. The summed E-state index contributed by atoms with van der Waals surface area (Å²) in [5, 5.41) is 12.9. The lowest BCUT2D eigenvalue weighted by molar-refractivity contribution is -0.154. The maximum atomic E-state index is 15.4. The maximum Gasteiger partial charge on any atom is 0.359 e. The third-order valence-electron chi connectivity index (χ3n) is 12.3. The summed E-state index contributed by atoms with van der Waals surface area (Å²) < 4.78 is 28.4. The predicted octanol–water partition coefficient (Wildman–Crippen LogP) is 9.79. The third-order valence-corrected chi connectivity index (χ3v) is 16.8. The van der Waals surface area contributed by atoms with Crippen LogP contribution >= 0.6 is 30.5 Å². The Bertz CT molecular complexity index is 3120. The second-order valence-corrected chi connectivity index (χ2v) is 21.0. The summed E-state index contributed by atoms with van der Waals surface area (Å²) in [6, 6.07) is 65.1. The molecule has 1 saturated heterocycles. The van der Waals surface area contributed by atoms with Crippen LogP contribution < -0.4 is 21.2 Å². The molecule has 15 heteroatoms. The molecule has 0 aliphatic carbocycles. The summed E-state index contributed by atoms with van der Waals surface area (Å²) in [6.07, 6.45) is -0.882. The topological polar surface area (TPSA) is 149 Å². The number of carbonyl (C=O) groups excluding carboxylic acids is 3. The van der Waals surface area contributed by atoms with E-state index in [1.165, 1.54) is 35.1 Å². The van der Waals surface area contributed by atoms with Crippen LogP contribution in [0.15, 0.2) is 234 Å². The molecule has 1 fully saturated rings. The molecule has 2 N–H and O–H groups in total. The summed E-state index contributed by atoms with van der Waals surface area (Å²) in [7, 11) is -2.62. The average molecular weight is 1010 g/mol. The zero-order valence-corrected chi connectivity index (χ0v) is 41.2. The molecule has 0 spiro atoms. The van der Waals surface area contributed by atoms with Crippen LogP contribution in [0.3, 0.4) is 0 Å². The lowest BCUT2D eigenvalue weighted by Gasteiger charge is -2.49. The van der Waals surface area contributed by atoms with Crippen molar-refractivity contribution >= 4 is 69.7 Å². The number of fused-ring (bicyclic) bond motifs is 1. The number of hydrogen-bond donors (Lipinski definition) is 2. The molecule has 0 bridgehead atoms. The first kappa shape index (κ1) is 47.6. The van der Waals surface area contributed by atoms with Gasteiger partial charge < -0.3 is 24.7 Å². The number of oxime groups is 1. The molecule has 0 saturated carbocycles. The van der Waals surface area contributed by atoms with Gasteiger partial charge in [0, 0.05) is 5.38 Å². The Morgan fingerprint density at radius 3 is 1.62 bits per heavy atom. The standard InChI is InChI=1S/C57H46N5O7PS2/c1-67-61-48(46-37-72-56(58-46)60-57(41-27-13-4-14-28-41,42-29-15-5-16-30-42)43-31-17-6-18-32-43)52(63)59-49-53(64)62-50(55(65)68-51(39-23-9-2-10-24-39)40-25-11-3-12-26-40)47(38-71-54(49)62)69-70(66,44-33-19-7-20-34-44)45-35-21-8-22-36-45/h2-37,49,51,54H,38H2,1H3,(H,58,60)(H,59,63)/b61-48-/t49?,54-/m1/s1. The monoisotopic (exact) mass is 1010 g/mol. The van der Waals surface area contributed by atoms with E-state index in [4.69, 9.17) is 19.1 Å². The smallest absolute Gasteiger partial charge is 0.359 e. The molecule has 2 aliphatic rings. The van der Waals surface area contributed by atoms with Gasteiger partial charge in [0.15, 0.2) is 22.6 Å². The second kappa shape index (κ2) is 21.1. The van der Waals surface area contributed by atoms with Crippen LogP contribution in [-0.4, -0.2) is 57.7 Å². The number of thiazole rings is 1. The van der Waals surface area contributed by atoms with Gasteiger partial charge in [-0.05, 0) is 52.1 Å². The predicted molar refractivity (Wildman–Crippen MR) is 282 cm³/mol. The zero-order valence-electron chi connectivity index (χ0n) is 38.7. The largest absolute Gasteiger partial charge is 0.448 e. The van der Waals surface area contributed by atoms with Crippen molar-refractivity contribution in [2.45, 2.75) is 23.1 Å². The minimum absolute atomic E-state index is 0.00236. The number of β-lactam (4-membered cyclic amide) rings is 1. The lowest BCUT2D eigenvalue weighted by atomic mass is 9.77. The van der Waals surface area contributed by atoms with Gasteiger partial charge in [-0.25, -0.2) is 9.78 Å². The normalized spacial score (nSPS) is 15.8. The quantitative estimate of drug-likeness (QED) is 0.0226. The number of aromatic nitrogens is 1. The van der Waals surface area contributed by atoms with Gasteiger partial charge in [0.05, 0.1) is 16.4 Å². The highest BCUT2D eigenvalue weighted by Gasteiger charge is 2.56. The minimum atomic E-state index is -3.95. The number of esters is 1. The van der Waals surface area contributed by atoms with Crippen LogP contribution in [0.25, 0.3) is 0 Å². The number of ether oxygens (including phenoxy) is 1. The Kier molecular flexibility index (Phi) is 14.0. The van der Waals surface area contributed by atoms with Crippen molar-refractivity contribution in [3.8, 4) is 0 Å². The molecule has 2 aliphatic heterocycles. The van der Waals surface area contributed by atoms with Gasteiger partial charge in [-0.2, -0.15) is 0 Å². The Hall–Kier alpha value is -8.03. The van der Waals surface area contributed by atoms with E-state index in [0.29, 0.717) is 26.9 Å². The van der Waals surface area contributed by atoms with Gasteiger partial charge in [0.1, 0.15) is 35.5 Å². The van der Waals surface area contributed by atoms with E-state index in [2.05, 4.69) is 52.2 Å². The van der Waals surface area contributed by atoms with Crippen molar-refractivity contribution in [1.29, 1.82) is 0 Å². The van der Waals surface area contributed by atoms with Crippen LogP contribution in [0, 0.1) is 0 Å². The molecule has 72 heavy (non-hydrogen) atoms. The molecular weight excluding hydrogens is 962 g/mol. The van der Waals surface area contributed by atoms with E-state index < -0.39 is 48.2 Å². The maximum absolute atomic E-state index is 15.4. The van der Waals surface area contributed by atoms with Crippen molar-refractivity contribution < 1.29 is 33.0 Å². The summed E-state index contributed by atoms with van der Waals surface area (Å²) in [4.78, 5) is 55.4. The highest BCUT2D eigenvalue weighted by molar-refractivity contribution is 8.00. The first-order chi connectivity index (χ1) is 35.3. The Morgan fingerprint density at radius 2 is 1.15 bits per heavy atom. The van der Waals surface area contributed by atoms with Crippen LogP contribution in [0.1, 0.15) is 39.6 Å². The van der Waals surface area contributed by atoms with Gasteiger partial charge in [-0.1, -0.05) is 193 Å². The summed E-state index contributed by atoms with van der Waals surface area (Å²) in [6.45, 7) is 0. The molecule has 2 atom stereocenters. The SMILES string of the molecule is CO/N=C(\C(=O)NC1C(=O)N2C(C(=O)OC(c3ccccc3)c3ccccc3)=C(OP(=O)(c3ccccc3)c3ccccc3)CS[C@H]12)c1csc(NC(c2ccccc2)(c2ccccc2)c2ccccc2)n1. The highest BCUT2D eigenvalue weighted by Crippen LogP contribution is 2.51. The van der Waals surface area contributed by atoms with Crippen LogP contribution in [0.2, 0.25) is 0 Å². The molecule has 1 unspecified atom stereocenters. The van der Waals surface area contributed by atoms with Crippen LogP contribution in [0.5, 0.6) is 0 Å². The number of thioether (sulfide) groups is 1. The number of hydrogen-bond acceptors (Lipinski definition) is 12. The molecule has 7 aromatic carbocycles. The molecule has 3 heterocycles. The van der Waals surface area contributed by atoms with Gasteiger partial charge in [0.25, 0.3) is 11.8 Å². The van der Waals surface area contributed by atoms with E-state index in [1.54, 1.807) is 53.9 Å². The molecule has 358 valence electrons. The first-order valence-corrected chi connectivity index (χ1v) is 26.6. The molecule has 2 amide bonds. The highest BCUT2D eigenvalue weighted by atomic mass is 32.2. The minimum Gasteiger partial charge on any atom is -0.448 e. The molecular formula is C57H46N5O7PS2. The first-order valence-electron chi connectivity index (χ1n) is 23.0. The van der Waals surface area contributed by atoms with Gasteiger partial charge >= 0.3 is 13.3 Å². The van der Waals surface area contributed by atoms with E-state index in [0.717, 1.165) is 16.7 Å². The molecule has 0 radical (unpaired) electrons. The molecule has 8 aromatic rings.